The molecule has 0 saturated carbocycles. The van der Waals surface area contributed by atoms with Crippen molar-refractivity contribution in [3.05, 3.63) is 53.6 Å². The van der Waals surface area contributed by atoms with Crippen LogP contribution in [-0.4, -0.2) is 0 Å². The molecule has 0 aliphatic rings. The van der Waals surface area contributed by atoms with Crippen molar-refractivity contribution in [3.63, 3.8) is 0 Å². The van der Waals surface area contributed by atoms with Gasteiger partial charge in [0.1, 0.15) is 0 Å². The molecule has 0 bridgehead atoms. The van der Waals surface area contributed by atoms with E-state index in [4.69, 9.17) is 6.58 Å². The zero-order valence-electron chi connectivity index (χ0n) is 10.0. The summed E-state index contributed by atoms with van der Waals surface area (Å²) in [6, 6.07) is 8.41. The van der Waals surface area contributed by atoms with Gasteiger partial charge >= 0.3 is 19.5 Å². The van der Waals surface area contributed by atoms with Crippen molar-refractivity contribution < 1.29 is 19.5 Å². The summed E-state index contributed by atoms with van der Waals surface area (Å²) in [7, 11) is 0. The molecule has 84 valence electrons. The van der Waals surface area contributed by atoms with E-state index >= 15 is 0 Å². The smallest absolute Gasteiger partial charge is 0.290 e. The molecule has 1 aromatic rings. The first kappa shape index (κ1) is 16.9. The monoisotopic (exact) mass is 290 g/mol. The second-order valence-corrected chi connectivity index (χ2v) is 3.61. The molecule has 0 saturated heterocycles. The summed E-state index contributed by atoms with van der Waals surface area (Å²) < 4.78 is 0. The maximum Gasteiger partial charge on any atom is 2.00 e. The van der Waals surface area contributed by atoms with Crippen LogP contribution in [-0.2, 0) is 25.9 Å². The van der Waals surface area contributed by atoms with E-state index in [1.807, 2.05) is 26.8 Å². The van der Waals surface area contributed by atoms with Crippen molar-refractivity contribution in [2.75, 3.05) is 0 Å². The van der Waals surface area contributed by atoms with E-state index in [0.29, 0.717) is 0 Å². The number of rotatable bonds is 2. The van der Waals surface area contributed by atoms with Gasteiger partial charge in [-0.15, -0.1) is 0 Å². The molecule has 0 spiro atoms. The summed E-state index contributed by atoms with van der Waals surface area (Å²) in [6.07, 6.45) is 3.10. The zero-order valence-corrected chi connectivity index (χ0v) is 11.8. The van der Waals surface area contributed by atoms with Crippen molar-refractivity contribution in [2.45, 2.75) is 34.1 Å². The standard InChI is InChI=1S/C7H9.C7H11.Ru/c1-2-7-5-3-4-6-7;1-6(2)5-7(3)4;/h3-6H,2H2,1H3;1,5H,2-4H3;/q2*-1;+2. The van der Waals surface area contributed by atoms with E-state index in [0.717, 1.165) is 12.0 Å². The van der Waals surface area contributed by atoms with Crippen molar-refractivity contribution in [3.8, 4) is 0 Å². The first-order valence-electron chi connectivity index (χ1n) is 5.00. The average Bonchev–Trinajstić information content (AvgIpc) is 2.53. The van der Waals surface area contributed by atoms with Crippen LogP contribution in [0.3, 0.4) is 0 Å². The topological polar surface area (TPSA) is 0 Å². The van der Waals surface area contributed by atoms with E-state index in [-0.39, 0.29) is 19.5 Å². The Labute approximate surface area is 107 Å². The van der Waals surface area contributed by atoms with Gasteiger partial charge in [-0.3, -0.25) is 6.58 Å². The molecule has 0 unspecified atom stereocenters. The fourth-order valence-corrected chi connectivity index (χ4v) is 1.10. The molecule has 1 aromatic carbocycles. The van der Waals surface area contributed by atoms with Crippen LogP contribution in [0.1, 0.15) is 33.3 Å². The second-order valence-electron chi connectivity index (χ2n) is 3.61. The molecule has 0 nitrogen and oxygen atoms in total. The molecule has 0 atom stereocenters. The van der Waals surface area contributed by atoms with Gasteiger partial charge in [-0.1, -0.05) is 34.1 Å². The van der Waals surface area contributed by atoms with E-state index in [1.54, 1.807) is 0 Å². The minimum Gasteiger partial charge on any atom is -0.290 e. The number of hydrogen-bond donors (Lipinski definition) is 0. The van der Waals surface area contributed by atoms with Gasteiger partial charge in [0.15, 0.2) is 0 Å². The summed E-state index contributed by atoms with van der Waals surface area (Å²) in [5.41, 5.74) is 3.56. The van der Waals surface area contributed by atoms with Crippen molar-refractivity contribution >= 4 is 0 Å². The van der Waals surface area contributed by atoms with Crippen molar-refractivity contribution in [1.29, 1.82) is 0 Å². The number of hydrogen-bond acceptors (Lipinski definition) is 0. The van der Waals surface area contributed by atoms with Gasteiger partial charge < -0.3 is 0 Å². The fourth-order valence-electron chi connectivity index (χ4n) is 1.10. The van der Waals surface area contributed by atoms with Gasteiger partial charge in [0, 0.05) is 0 Å². The minimum atomic E-state index is 0. The number of allylic oxidation sites excluding steroid dienone is 3. The predicted octanol–water partition coefficient (Wildman–Crippen LogP) is 4.30. The SMILES string of the molecule is CC[c-]1cccc1.[CH-]=C(C)C=C(C)C.[Ru+2]. The van der Waals surface area contributed by atoms with Crippen LogP contribution in [0.25, 0.3) is 0 Å². The third-order valence-electron chi connectivity index (χ3n) is 1.66. The normalized spacial score (nSPS) is 8.00. The van der Waals surface area contributed by atoms with Gasteiger partial charge in [0.05, 0.1) is 0 Å². The largest absolute Gasteiger partial charge is 2.00 e. The maximum absolute atomic E-state index is 5.33. The molecule has 0 amide bonds. The first-order chi connectivity index (χ1) is 6.56. The van der Waals surface area contributed by atoms with E-state index in [1.165, 1.54) is 11.1 Å². The predicted molar refractivity (Wildman–Crippen MR) is 64.3 cm³/mol. The molecular weight excluding hydrogens is 269 g/mol. The molecule has 0 N–H and O–H groups in total. The van der Waals surface area contributed by atoms with Crippen LogP contribution >= 0.6 is 0 Å². The summed E-state index contributed by atoms with van der Waals surface area (Å²) in [5.74, 6) is 0. The Kier molecular flexibility index (Phi) is 11.2. The average molecular weight is 289 g/mol. The Morgan fingerprint density at radius 3 is 1.80 bits per heavy atom. The molecule has 0 heterocycles. The van der Waals surface area contributed by atoms with Crippen LogP contribution in [0.4, 0.5) is 0 Å². The molecule has 15 heavy (non-hydrogen) atoms. The summed E-state index contributed by atoms with van der Waals surface area (Å²) in [4.78, 5) is 0. The Balaban J connectivity index is 0. The molecule has 0 fully saturated rings. The van der Waals surface area contributed by atoms with Crippen LogP contribution in [0.5, 0.6) is 0 Å². The first-order valence-corrected chi connectivity index (χ1v) is 5.00. The Hall–Kier alpha value is -0.547. The third-order valence-corrected chi connectivity index (χ3v) is 1.66. The van der Waals surface area contributed by atoms with Gasteiger partial charge in [0.2, 0.25) is 0 Å². The van der Waals surface area contributed by atoms with Crippen LogP contribution < -0.4 is 0 Å². The molecule has 0 aromatic heterocycles. The van der Waals surface area contributed by atoms with Crippen molar-refractivity contribution in [1.82, 2.24) is 0 Å². The van der Waals surface area contributed by atoms with Crippen LogP contribution in [0, 0.1) is 6.58 Å². The van der Waals surface area contributed by atoms with Crippen molar-refractivity contribution in [2.24, 2.45) is 0 Å². The molecule has 0 aliphatic heterocycles. The summed E-state index contributed by atoms with van der Waals surface area (Å²) >= 11 is 0. The van der Waals surface area contributed by atoms with Crippen LogP contribution in [0.2, 0.25) is 0 Å². The van der Waals surface area contributed by atoms with E-state index in [2.05, 4.69) is 31.2 Å². The Morgan fingerprint density at radius 2 is 1.67 bits per heavy atom. The Morgan fingerprint density at radius 1 is 1.20 bits per heavy atom. The van der Waals surface area contributed by atoms with Gasteiger partial charge in [0.25, 0.3) is 0 Å². The second kappa shape index (κ2) is 9.99. The third kappa shape index (κ3) is 11.4. The number of aryl methyl sites for hydroxylation is 1. The van der Waals surface area contributed by atoms with Gasteiger partial charge in [-0.05, 0) is 0 Å². The van der Waals surface area contributed by atoms with Crippen LogP contribution in [0.15, 0.2) is 41.5 Å². The molecule has 0 radical (unpaired) electrons. The molecular formula is C14H20Ru. The minimum absolute atomic E-state index is 0. The fraction of sp³-hybridized carbons (Fsp3) is 0.357. The summed E-state index contributed by atoms with van der Waals surface area (Å²) in [6.45, 7) is 13.4. The van der Waals surface area contributed by atoms with Gasteiger partial charge in [-0.2, -0.15) is 23.3 Å². The summed E-state index contributed by atoms with van der Waals surface area (Å²) in [5, 5.41) is 0. The molecule has 0 aliphatic carbocycles. The van der Waals surface area contributed by atoms with E-state index < -0.39 is 0 Å². The zero-order chi connectivity index (χ0) is 11.0. The molecule has 1 heteroatoms. The maximum atomic E-state index is 5.33. The quantitative estimate of drug-likeness (QED) is 0.433. The van der Waals surface area contributed by atoms with E-state index in [9.17, 15) is 0 Å². The Bertz CT molecular complexity index is 274. The molecule has 1 rings (SSSR count). The van der Waals surface area contributed by atoms with Gasteiger partial charge in [-0.25, -0.2) is 23.8 Å².